The zero-order chi connectivity index (χ0) is 22.9. The number of halogens is 4. The largest absolute Gasteiger partial charge is 0.573 e. The minimum atomic E-state index is -4.77. The second kappa shape index (κ2) is 13.0. The number of anilines is 1. The Morgan fingerprint density at radius 1 is 1.09 bits per heavy atom. The molecule has 0 fully saturated rings. The van der Waals surface area contributed by atoms with Gasteiger partial charge in [-0.2, -0.15) is 0 Å². The van der Waals surface area contributed by atoms with Gasteiger partial charge in [-0.25, -0.2) is 4.99 Å². The van der Waals surface area contributed by atoms with Crippen LogP contribution in [0, 0.1) is 0 Å². The third kappa shape index (κ3) is 9.20. The summed E-state index contributed by atoms with van der Waals surface area (Å²) in [6.07, 6.45) is -4.77. The lowest BCUT2D eigenvalue weighted by molar-refractivity contribution is -0.274. The zero-order valence-electron chi connectivity index (χ0n) is 17.9. The van der Waals surface area contributed by atoms with E-state index in [4.69, 9.17) is 4.74 Å². The maximum Gasteiger partial charge on any atom is 0.573 e. The highest BCUT2D eigenvalue weighted by Gasteiger charge is 2.31. The van der Waals surface area contributed by atoms with Crippen LogP contribution in [0.4, 0.5) is 18.9 Å². The van der Waals surface area contributed by atoms with Crippen LogP contribution in [0.5, 0.6) is 11.5 Å². The number of nitrogens with one attached hydrogen (secondary N) is 3. The van der Waals surface area contributed by atoms with Crippen LogP contribution in [0.3, 0.4) is 0 Å². The van der Waals surface area contributed by atoms with Gasteiger partial charge >= 0.3 is 6.36 Å². The van der Waals surface area contributed by atoms with Gasteiger partial charge in [0.1, 0.15) is 11.5 Å². The lowest BCUT2D eigenvalue weighted by Gasteiger charge is -2.15. The number of alkyl halides is 3. The van der Waals surface area contributed by atoms with E-state index < -0.39 is 6.36 Å². The van der Waals surface area contributed by atoms with Crippen molar-refractivity contribution in [2.45, 2.75) is 33.3 Å². The zero-order valence-corrected chi connectivity index (χ0v) is 20.2. The molecule has 1 amide bonds. The van der Waals surface area contributed by atoms with Gasteiger partial charge in [-0.15, -0.1) is 37.1 Å². The number of rotatable bonds is 8. The topological polar surface area (TPSA) is 84.0 Å². The standard InChI is InChI=1S/C21H25F3N4O3.HI/c1-4-25-20(27-13-16-7-5-6-8-18(16)31-21(22,23)24)26-12-15-9-10-19(30-3)17(11-15)28-14(2)29;/h5-11H,4,12-13H2,1-3H3,(H,28,29)(H2,25,26,27);1H. The number of nitrogens with zero attached hydrogens (tertiary/aromatic N) is 1. The van der Waals surface area contributed by atoms with Crippen molar-refractivity contribution in [3.63, 3.8) is 0 Å². The third-order valence-corrected chi connectivity index (χ3v) is 3.98. The van der Waals surface area contributed by atoms with Crippen molar-refractivity contribution in [3.8, 4) is 11.5 Å². The Morgan fingerprint density at radius 2 is 1.81 bits per heavy atom. The predicted octanol–water partition coefficient (Wildman–Crippen LogP) is 4.43. The van der Waals surface area contributed by atoms with E-state index in [9.17, 15) is 18.0 Å². The molecule has 0 aliphatic heterocycles. The molecule has 3 N–H and O–H groups in total. The highest BCUT2D eigenvalue weighted by Crippen LogP contribution is 2.27. The van der Waals surface area contributed by atoms with Gasteiger partial charge in [-0.1, -0.05) is 24.3 Å². The highest BCUT2D eigenvalue weighted by molar-refractivity contribution is 14.0. The highest BCUT2D eigenvalue weighted by atomic mass is 127. The average molecular weight is 566 g/mol. The van der Waals surface area contributed by atoms with Crippen LogP contribution in [-0.4, -0.2) is 31.9 Å². The minimum Gasteiger partial charge on any atom is -0.495 e. The number of para-hydroxylation sites is 1. The molecule has 2 aromatic carbocycles. The Hall–Kier alpha value is -2.70. The van der Waals surface area contributed by atoms with Gasteiger partial charge in [0.05, 0.1) is 19.3 Å². The first kappa shape index (κ1) is 27.3. The van der Waals surface area contributed by atoms with E-state index >= 15 is 0 Å². The number of ether oxygens (including phenoxy) is 2. The number of hydrogen-bond acceptors (Lipinski definition) is 4. The summed E-state index contributed by atoms with van der Waals surface area (Å²) in [6, 6.07) is 11.2. The fraction of sp³-hybridized carbons (Fsp3) is 0.333. The molecular formula is C21H26F3IN4O3. The van der Waals surface area contributed by atoms with Crippen LogP contribution >= 0.6 is 24.0 Å². The molecule has 0 atom stereocenters. The number of benzene rings is 2. The van der Waals surface area contributed by atoms with Crippen LogP contribution in [0.2, 0.25) is 0 Å². The molecule has 32 heavy (non-hydrogen) atoms. The van der Waals surface area contributed by atoms with Crippen molar-refractivity contribution in [3.05, 3.63) is 53.6 Å². The van der Waals surface area contributed by atoms with Crippen molar-refractivity contribution in [1.29, 1.82) is 0 Å². The molecule has 11 heteroatoms. The second-order valence-corrected chi connectivity index (χ2v) is 6.42. The van der Waals surface area contributed by atoms with Crippen LogP contribution in [0.1, 0.15) is 25.0 Å². The van der Waals surface area contributed by atoms with E-state index in [1.165, 1.54) is 26.2 Å². The fourth-order valence-electron chi connectivity index (χ4n) is 2.71. The molecule has 2 rings (SSSR count). The smallest absolute Gasteiger partial charge is 0.495 e. The van der Waals surface area contributed by atoms with Crippen LogP contribution in [0.15, 0.2) is 47.5 Å². The molecule has 0 saturated heterocycles. The van der Waals surface area contributed by atoms with E-state index in [1.807, 2.05) is 13.0 Å². The van der Waals surface area contributed by atoms with Crippen molar-refractivity contribution in [1.82, 2.24) is 10.6 Å². The summed E-state index contributed by atoms with van der Waals surface area (Å²) in [5, 5.41) is 8.74. The molecule has 0 heterocycles. The molecule has 176 valence electrons. The third-order valence-electron chi connectivity index (χ3n) is 3.98. The molecule has 0 bridgehead atoms. The SMILES string of the molecule is CCNC(=NCc1ccc(OC)c(NC(C)=O)c1)NCc1ccccc1OC(F)(F)F.I. The molecule has 0 saturated carbocycles. The molecular weight excluding hydrogens is 540 g/mol. The van der Waals surface area contributed by atoms with Gasteiger partial charge in [0.25, 0.3) is 0 Å². The fourth-order valence-corrected chi connectivity index (χ4v) is 2.71. The predicted molar refractivity (Wildman–Crippen MR) is 127 cm³/mol. The van der Waals surface area contributed by atoms with Gasteiger partial charge in [0.2, 0.25) is 5.91 Å². The van der Waals surface area contributed by atoms with Crippen LogP contribution in [0.25, 0.3) is 0 Å². The van der Waals surface area contributed by atoms with E-state index in [1.54, 1.807) is 24.3 Å². The first-order chi connectivity index (χ1) is 14.7. The van der Waals surface area contributed by atoms with Gasteiger partial charge in [0, 0.05) is 25.6 Å². The van der Waals surface area contributed by atoms with Gasteiger partial charge in [0.15, 0.2) is 5.96 Å². The lowest BCUT2D eigenvalue weighted by atomic mass is 10.2. The summed E-state index contributed by atoms with van der Waals surface area (Å²) in [4.78, 5) is 15.8. The molecule has 0 aliphatic carbocycles. The maximum atomic E-state index is 12.6. The van der Waals surface area contributed by atoms with Crippen LogP contribution < -0.4 is 25.4 Å². The Bertz CT molecular complexity index is 923. The Labute approximate surface area is 201 Å². The van der Waals surface area contributed by atoms with E-state index in [0.717, 1.165) is 5.56 Å². The summed E-state index contributed by atoms with van der Waals surface area (Å²) in [5.74, 6) is 0.442. The van der Waals surface area contributed by atoms with Gasteiger partial charge in [-0.3, -0.25) is 4.79 Å². The Kier molecular flexibility index (Phi) is 11.1. The summed E-state index contributed by atoms with van der Waals surface area (Å²) in [6.45, 7) is 4.19. The van der Waals surface area contributed by atoms with Crippen molar-refractivity contribution in [2.75, 3.05) is 19.0 Å². The molecule has 0 aromatic heterocycles. The number of methoxy groups -OCH3 is 1. The van der Waals surface area contributed by atoms with Gasteiger partial charge < -0.3 is 25.4 Å². The van der Waals surface area contributed by atoms with Crippen LogP contribution in [-0.2, 0) is 17.9 Å². The number of carbonyl (C=O) groups is 1. The summed E-state index contributed by atoms with van der Waals surface area (Å²) >= 11 is 0. The number of hydrogen-bond donors (Lipinski definition) is 3. The van der Waals surface area contributed by atoms with Crippen molar-refractivity contribution >= 4 is 41.5 Å². The number of amides is 1. The molecule has 0 aliphatic rings. The summed E-state index contributed by atoms with van der Waals surface area (Å²) in [7, 11) is 1.51. The number of carbonyl (C=O) groups excluding carboxylic acids is 1. The van der Waals surface area contributed by atoms with E-state index in [0.29, 0.717) is 29.5 Å². The van der Waals surface area contributed by atoms with E-state index in [-0.39, 0.29) is 48.7 Å². The number of aliphatic imine (C=N–C) groups is 1. The van der Waals surface area contributed by atoms with E-state index in [2.05, 4.69) is 25.7 Å². The number of guanidine groups is 1. The first-order valence-electron chi connectivity index (χ1n) is 9.52. The maximum absolute atomic E-state index is 12.6. The summed E-state index contributed by atoms with van der Waals surface area (Å²) < 4.78 is 47.1. The van der Waals surface area contributed by atoms with Crippen molar-refractivity contribution < 1.29 is 27.4 Å². The molecule has 7 nitrogen and oxygen atoms in total. The minimum absolute atomic E-state index is 0. The second-order valence-electron chi connectivity index (χ2n) is 6.42. The Morgan fingerprint density at radius 3 is 2.44 bits per heavy atom. The summed E-state index contributed by atoms with van der Waals surface area (Å²) in [5.41, 5.74) is 1.67. The molecule has 0 spiro atoms. The first-order valence-corrected chi connectivity index (χ1v) is 9.52. The monoisotopic (exact) mass is 566 g/mol. The lowest BCUT2D eigenvalue weighted by Crippen LogP contribution is -2.37. The molecule has 0 radical (unpaired) electrons. The Balaban J connectivity index is 0.00000512. The van der Waals surface area contributed by atoms with Crippen molar-refractivity contribution in [2.24, 2.45) is 4.99 Å². The average Bonchev–Trinajstić information content (AvgIpc) is 2.69. The molecule has 0 unspecified atom stereocenters. The van der Waals surface area contributed by atoms with Gasteiger partial charge in [-0.05, 0) is 30.7 Å². The molecule has 2 aromatic rings. The quantitative estimate of drug-likeness (QED) is 0.250. The normalized spacial score (nSPS) is 11.2.